The van der Waals surface area contributed by atoms with E-state index in [1.807, 2.05) is 0 Å². The number of carboxylic acids is 1. The number of carbonyl (C=O) groups is 1. The van der Waals surface area contributed by atoms with E-state index in [-0.39, 0.29) is 15.8 Å². The fraction of sp³-hybridized carbons (Fsp3) is 0.500. The molecule has 1 heterocycles. The molecular formula is C14H17BrFNO3. The molecule has 1 saturated heterocycles. The first-order valence-electron chi connectivity index (χ1n) is 6.66. The highest BCUT2D eigenvalue weighted by Gasteiger charge is 2.17. The smallest absolute Gasteiger partial charge is 0.336 e. The molecular weight excluding hydrogens is 329 g/mol. The summed E-state index contributed by atoms with van der Waals surface area (Å²) in [6, 6.07) is 2.70. The van der Waals surface area contributed by atoms with Gasteiger partial charge >= 0.3 is 5.97 Å². The van der Waals surface area contributed by atoms with Gasteiger partial charge in [0, 0.05) is 6.54 Å². The number of aromatic carboxylic acids is 1. The molecule has 2 rings (SSSR count). The Kier molecular flexibility index (Phi) is 5.37. The van der Waals surface area contributed by atoms with Crippen LogP contribution in [-0.2, 0) is 0 Å². The van der Waals surface area contributed by atoms with Crippen molar-refractivity contribution in [2.75, 3.05) is 26.2 Å². The Morgan fingerprint density at radius 1 is 1.35 bits per heavy atom. The Hall–Kier alpha value is -1.14. The van der Waals surface area contributed by atoms with Gasteiger partial charge in [-0.3, -0.25) is 4.90 Å². The second kappa shape index (κ2) is 7.04. The number of piperidine rings is 1. The van der Waals surface area contributed by atoms with Gasteiger partial charge in [-0.25, -0.2) is 9.18 Å². The molecule has 0 radical (unpaired) electrons. The largest absolute Gasteiger partial charge is 0.489 e. The van der Waals surface area contributed by atoms with Crippen molar-refractivity contribution in [2.24, 2.45) is 0 Å². The number of nitrogens with zero attached hydrogens (tertiary/aromatic N) is 1. The van der Waals surface area contributed by atoms with E-state index in [0.717, 1.165) is 19.6 Å². The highest BCUT2D eigenvalue weighted by molar-refractivity contribution is 9.10. The first kappa shape index (κ1) is 15.3. The van der Waals surface area contributed by atoms with E-state index in [4.69, 9.17) is 9.84 Å². The standard InChI is InChI=1S/C14H17BrFNO3/c15-12-10(14(18)19)4-5-11(13(12)16)20-9-8-17-6-2-1-3-7-17/h4-5H,1-3,6-9H2,(H,18,19). The van der Waals surface area contributed by atoms with Gasteiger partial charge in [0.2, 0.25) is 0 Å². The molecule has 4 nitrogen and oxygen atoms in total. The molecule has 0 atom stereocenters. The zero-order chi connectivity index (χ0) is 14.5. The van der Waals surface area contributed by atoms with Gasteiger partial charge in [0.05, 0.1) is 10.0 Å². The molecule has 20 heavy (non-hydrogen) atoms. The summed E-state index contributed by atoms with van der Waals surface area (Å²) in [5.74, 6) is -1.75. The second-order valence-electron chi connectivity index (χ2n) is 4.80. The average Bonchev–Trinajstić information content (AvgIpc) is 2.44. The van der Waals surface area contributed by atoms with E-state index in [1.54, 1.807) is 0 Å². The van der Waals surface area contributed by atoms with Crippen molar-refractivity contribution in [3.05, 3.63) is 28.0 Å². The van der Waals surface area contributed by atoms with Gasteiger partial charge in [0.15, 0.2) is 11.6 Å². The highest BCUT2D eigenvalue weighted by Crippen LogP contribution is 2.28. The number of hydrogen-bond acceptors (Lipinski definition) is 3. The van der Waals surface area contributed by atoms with Crippen LogP contribution in [0.15, 0.2) is 16.6 Å². The molecule has 0 amide bonds. The number of benzene rings is 1. The summed E-state index contributed by atoms with van der Waals surface area (Å²) >= 11 is 2.95. The molecule has 0 bridgehead atoms. The van der Waals surface area contributed by atoms with Crippen LogP contribution in [0.2, 0.25) is 0 Å². The van der Waals surface area contributed by atoms with Crippen LogP contribution >= 0.6 is 15.9 Å². The van der Waals surface area contributed by atoms with Crippen molar-refractivity contribution >= 4 is 21.9 Å². The third kappa shape index (κ3) is 3.70. The number of rotatable bonds is 5. The SMILES string of the molecule is O=C(O)c1ccc(OCCN2CCCCC2)c(F)c1Br. The number of carboxylic acid groups (broad SMARTS) is 1. The number of ether oxygens (including phenoxy) is 1. The van der Waals surface area contributed by atoms with E-state index in [1.165, 1.54) is 31.4 Å². The predicted octanol–water partition coefficient (Wildman–Crippen LogP) is 3.15. The summed E-state index contributed by atoms with van der Waals surface area (Å²) in [6.07, 6.45) is 3.68. The zero-order valence-corrected chi connectivity index (χ0v) is 12.7. The molecule has 1 N–H and O–H groups in total. The Morgan fingerprint density at radius 3 is 2.70 bits per heavy atom. The van der Waals surface area contributed by atoms with E-state index in [2.05, 4.69) is 20.8 Å². The topological polar surface area (TPSA) is 49.8 Å². The summed E-state index contributed by atoms with van der Waals surface area (Å²) in [7, 11) is 0. The minimum atomic E-state index is -1.17. The summed E-state index contributed by atoms with van der Waals surface area (Å²) in [6.45, 7) is 3.29. The van der Waals surface area contributed by atoms with Crippen LogP contribution in [0.3, 0.4) is 0 Å². The van der Waals surface area contributed by atoms with Crippen molar-refractivity contribution in [3.8, 4) is 5.75 Å². The Bertz CT molecular complexity index is 490. The van der Waals surface area contributed by atoms with Crippen LogP contribution in [0.25, 0.3) is 0 Å². The van der Waals surface area contributed by atoms with Crippen molar-refractivity contribution < 1.29 is 19.0 Å². The molecule has 6 heteroatoms. The summed E-state index contributed by atoms with van der Waals surface area (Å²) < 4.78 is 19.3. The molecule has 1 fully saturated rings. The number of likely N-dealkylation sites (tertiary alicyclic amines) is 1. The highest BCUT2D eigenvalue weighted by atomic mass is 79.9. The van der Waals surface area contributed by atoms with E-state index in [9.17, 15) is 9.18 Å². The van der Waals surface area contributed by atoms with Crippen LogP contribution in [0, 0.1) is 5.82 Å². The maximum Gasteiger partial charge on any atom is 0.336 e. The van der Waals surface area contributed by atoms with Crippen LogP contribution in [0.4, 0.5) is 4.39 Å². The van der Waals surface area contributed by atoms with Crippen molar-refractivity contribution in [2.45, 2.75) is 19.3 Å². The van der Waals surface area contributed by atoms with Gasteiger partial charge in [0.1, 0.15) is 6.61 Å². The van der Waals surface area contributed by atoms with Gasteiger partial charge in [-0.1, -0.05) is 6.42 Å². The zero-order valence-electron chi connectivity index (χ0n) is 11.1. The lowest BCUT2D eigenvalue weighted by Crippen LogP contribution is -2.33. The minimum Gasteiger partial charge on any atom is -0.489 e. The second-order valence-corrected chi connectivity index (χ2v) is 5.59. The lowest BCUT2D eigenvalue weighted by atomic mass is 10.1. The minimum absolute atomic E-state index is 0.0690. The maximum atomic E-state index is 13.9. The summed E-state index contributed by atoms with van der Waals surface area (Å²) in [5.41, 5.74) is -0.106. The first-order chi connectivity index (χ1) is 9.59. The van der Waals surface area contributed by atoms with Gasteiger partial charge < -0.3 is 9.84 Å². The molecule has 0 unspecified atom stereocenters. The van der Waals surface area contributed by atoms with Gasteiger partial charge in [-0.2, -0.15) is 0 Å². The van der Waals surface area contributed by atoms with E-state index in [0.29, 0.717) is 6.61 Å². The van der Waals surface area contributed by atoms with Crippen LogP contribution < -0.4 is 4.74 Å². The van der Waals surface area contributed by atoms with Crippen molar-refractivity contribution in [1.82, 2.24) is 4.90 Å². The maximum absolute atomic E-state index is 13.9. The third-order valence-corrected chi connectivity index (χ3v) is 4.17. The quantitative estimate of drug-likeness (QED) is 0.890. The van der Waals surface area contributed by atoms with Gasteiger partial charge in [-0.15, -0.1) is 0 Å². The van der Waals surface area contributed by atoms with Crippen LogP contribution in [-0.4, -0.2) is 42.2 Å². The molecule has 0 spiro atoms. The number of halogens is 2. The third-order valence-electron chi connectivity index (χ3n) is 3.39. The van der Waals surface area contributed by atoms with Gasteiger partial charge in [-0.05, 0) is 54.0 Å². The van der Waals surface area contributed by atoms with Crippen molar-refractivity contribution in [3.63, 3.8) is 0 Å². The molecule has 0 saturated carbocycles. The Morgan fingerprint density at radius 2 is 2.05 bits per heavy atom. The predicted molar refractivity (Wildman–Crippen MR) is 76.8 cm³/mol. The average molecular weight is 346 g/mol. The molecule has 0 aliphatic carbocycles. The fourth-order valence-corrected chi connectivity index (χ4v) is 2.77. The summed E-state index contributed by atoms with van der Waals surface area (Å²) in [5, 5.41) is 8.88. The number of hydrogen-bond donors (Lipinski definition) is 1. The molecule has 1 aromatic carbocycles. The van der Waals surface area contributed by atoms with Crippen LogP contribution in [0.5, 0.6) is 5.75 Å². The molecule has 110 valence electrons. The fourth-order valence-electron chi connectivity index (χ4n) is 2.28. The molecule has 1 aliphatic rings. The van der Waals surface area contributed by atoms with Crippen molar-refractivity contribution in [1.29, 1.82) is 0 Å². The Balaban J connectivity index is 1.92. The lowest BCUT2D eigenvalue weighted by Gasteiger charge is -2.26. The normalized spacial score (nSPS) is 16.1. The molecule has 0 aromatic heterocycles. The summed E-state index contributed by atoms with van der Waals surface area (Å²) in [4.78, 5) is 13.2. The van der Waals surface area contributed by atoms with Crippen LogP contribution in [0.1, 0.15) is 29.6 Å². The van der Waals surface area contributed by atoms with Gasteiger partial charge in [0.25, 0.3) is 0 Å². The molecule has 1 aromatic rings. The first-order valence-corrected chi connectivity index (χ1v) is 7.45. The van der Waals surface area contributed by atoms with E-state index >= 15 is 0 Å². The Labute approximate surface area is 125 Å². The lowest BCUT2D eigenvalue weighted by molar-refractivity contribution is 0.0695. The van der Waals surface area contributed by atoms with E-state index < -0.39 is 11.8 Å². The molecule has 1 aliphatic heterocycles. The monoisotopic (exact) mass is 345 g/mol.